The van der Waals surface area contributed by atoms with Gasteiger partial charge in [-0.25, -0.2) is 0 Å². The third kappa shape index (κ3) is 3.25. The summed E-state index contributed by atoms with van der Waals surface area (Å²) < 4.78 is 0. The first-order valence-electron chi connectivity index (χ1n) is 8.31. The van der Waals surface area contributed by atoms with Gasteiger partial charge >= 0.3 is 0 Å². The molecule has 0 saturated heterocycles. The van der Waals surface area contributed by atoms with Crippen LogP contribution >= 0.6 is 0 Å². The third-order valence-electron chi connectivity index (χ3n) is 4.18. The van der Waals surface area contributed by atoms with Crippen molar-refractivity contribution in [3.05, 3.63) is 72.8 Å². The fourth-order valence-electron chi connectivity index (χ4n) is 2.95. The van der Waals surface area contributed by atoms with Gasteiger partial charge in [-0.2, -0.15) is 0 Å². The molecule has 1 amide bonds. The number of likely N-dealkylation sites (N-methyl/N-ethyl adjacent to an activating group) is 1. The monoisotopic (exact) mass is 318 g/mol. The van der Waals surface area contributed by atoms with E-state index < -0.39 is 0 Å². The number of hydrogen-bond acceptors (Lipinski definition) is 2. The molecule has 0 spiro atoms. The van der Waals surface area contributed by atoms with Gasteiger partial charge in [-0.05, 0) is 37.4 Å². The van der Waals surface area contributed by atoms with Crippen molar-refractivity contribution in [3.63, 3.8) is 0 Å². The van der Waals surface area contributed by atoms with Gasteiger partial charge in [0.1, 0.15) is 6.04 Å². The van der Waals surface area contributed by atoms with Crippen molar-refractivity contribution >= 4 is 28.1 Å². The molecule has 3 nitrogen and oxygen atoms in total. The van der Waals surface area contributed by atoms with E-state index in [2.05, 4.69) is 23.5 Å². The Morgan fingerprint density at radius 1 is 0.958 bits per heavy atom. The molecule has 0 radical (unpaired) electrons. The Kier molecular flexibility index (Phi) is 4.80. The molecule has 0 aromatic heterocycles. The van der Waals surface area contributed by atoms with Crippen LogP contribution in [0.15, 0.2) is 72.8 Å². The highest BCUT2D eigenvalue weighted by Gasteiger charge is 2.20. The van der Waals surface area contributed by atoms with Crippen molar-refractivity contribution in [1.82, 2.24) is 0 Å². The topological polar surface area (TPSA) is 32.3 Å². The highest BCUT2D eigenvalue weighted by molar-refractivity contribution is 6.00. The van der Waals surface area contributed by atoms with Crippen LogP contribution in [0.2, 0.25) is 0 Å². The zero-order valence-corrected chi connectivity index (χ0v) is 14.1. The smallest absolute Gasteiger partial charge is 0.249 e. The standard InChI is InChI=1S/C21H22N2O/c1-3-23(18-12-5-4-6-13-18)21(24)16(2)22-20-15-9-11-17-10-7-8-14-19(17)20/h4-16,22H,3H2,1-2H3/t16-/m1/s1. The van der Waals surface area contributed by atoms with Crippen molar-refractivity contribution in [3.8, 4) is 0 Å². The first-order chi connectivity index (χ1) is 11.7. The van der Waals surface area contributed by atoms with Gasteiger partial charge in [-0.15, -0.1) is 0 Å². The van der Waals surface area contributed by atoms with E-state index in [0.29, 0.717) is 6.54 Å². The normalized spacial score (nSPS) is 11.9. The summed E-state index contributed by atoms with van der Waals surface area (Å²) in [6.07, 6.45) is 0. The fraction of sp³-hybridized carbons (Fsp3) is 0.190. The lowest BCUT2D eigenvalue weighted by Gasteiger charge is -2.26. The summed E-state index contributed by atoms with van der Waals surface area (Å²) >= 11 is 0. The number of anilines is 2. The van der Waals surface area contributed by atoms with E-state index in [0.717, 1.165) is 22.1 Å². The van der Waals surface area contributed by atoms with Crippen LogP contribution in [0.25, 0.3) is 10.8 Å². The Hall–Kier alpha value is -2.81. The minimum Gasteiger partial charge on any atom is -0.373 e. The number of rotatable bonds is 5. The highest BCUT2D eigenvalue weighted by Crippen LogP contribution is 2.24. The summed E-state index contributed by atoms with van der Waals surface area (Å²) in [5, 5.41) is 5.67. The van der Waals surface area contributed by atoms with Crippen LogP contribution in [-0.4, -0.2) is 18.5 Å². The lowest BCUT2D eigenvalue weighted by molar-refractivity contribution is -0.119. The Bertz CT molecular complexity index is 824. The van der Waals surface area contributed by atoms with Crippen LogP contribution in [0.3, 0.4) is 0 Å². The van der Waals surface area contributed by atoms with Crippen LogP contribution in [0.4, 0.5) is 11.4 Å². The minimum atomic E-state index is -0.309. The molecule has 0 bridgehead atoms. The SMILES string of the molecule is CCN(C(=O)[C@@H](C)Nc1cccc2ccccc12)c1ccccc1. The molecule has 3 heteroatoms. The Labute approximate surface area is 142 Å². The van der Waals surface area contributed by atoms with E-state index in [1.165, 1.54) is 0 Å². The van der Waals surface area contributed by atoms with Gasteiger partial charge in [0.05, 0.1) is 0 Å². The summed E-state index contributed by atoms with van der Waals surface area (Å²) in [4.78, 5) is 14.7. The van der Waals surface area contributed by atoms with E-state index >= 15 is 0 Å². The quantitative estimate of drug-likeness (QED) is 0.740. The first-order valence-corrected chi connectivity index (χ1v) is 8.31. The number of fused-ring (bicyclic) bond motifs is 1. The predicted molar refractivity (Wildman–Crippen MR) is 102 cm³/mol. The van der Waals surface area contributed by atoms with Crippen molar-refractivity contribution in [2.75, 3.05) is 16.8 Å². The van der Waals surface area contributed by atoms with Crippen molar-refractivity contribution < 1.29 is 4.79 Å². The van der Waals surface area contributed by atoms with Gasteiger partial charge in [-0.3, -0.25) is 4.79 Å². The first kappa shape index (κ1) is 16.1. The molecule has 0 saturated carbocycles. The second-order valence-corrected chi connectivity index (χ2v) is 5.81. The molecule has 0 heterocycles. The molecule has 1 atom stereocenters. The number of benzene rings is 3. The number of nitrogens with one attached hydrogen (secondary N) is 1. The molecule has 0 aliphatic rings. The number of carbonyl (C=O) groups is 1. The maximum absolute atomic E-state index is 12.9. The maximum atomic E-state index is 12.9. The summed E-state index contributed by atoms with van der Waals surface area (Å²) in [5.41, 5.74) is 1.91. The predicted octanol–water partition coefficient (Wildman–Crippen LogP) is 4.69. The van der Waals surface area contributed by atoms with E-state index in [1.807, 2.05) is 73.3 Å². The maximum Gasteiger partial charge on any atom is 0.249 e. The van der Waals surface area contributed by atoms with Gasteiger partial charge in [0, 0.05) is 23.3 Å². The van der Waals surface area contributed by atoms with E-state index in [1.54, 1.807) is 0 Å². The molecule has 3 aromatic carbocycles. The Morgan fingerprint density at radius 3 is 2.38 bits per heavy atom. The van der Waals surface area contributed by atoms with Crippen molar-refractivity contribution in [2.45, 2.75) is 19.9 Å². The van der Waals surface area contributed by atoms with E-state index in [4.69, 9.17) is 0 Å². The minimum absolute atomic E-state index is 0.0663. The van der Waals surface area contributed by atoms with Gasteiger partial charge in [0.15, 0.2) is 0 Å². The van der Waals surface area contributed by atoms with Gasteiger partial charge in [-0.1, -0.05) is 54.6 Å². The number of amides is 1. The highest BCUT2D eigenvalue weighted by atomic mass is 16.2. The van der Waals surface area contributed by atoms with Gasteiger partial charge in [0.2, 0.25) is 5.91 Å². The number of carbonyl (C=O) groups excluding carboxylic acids is 1. The van der Waals surface area contributed by atoms with Crippen LogP contribution in [0.1, 0.15) is 13.8 Å². The van der Waals surface area contributed by atoms with Crippen molar-refractivity contribution in [1.29, 1.82) is 0 Å². The molecule has 1 N–H and O–H groups in total. The third-order valence-corrected chi connectivity index (χ3v) is 4.18. The summed E-state index contributed by atoms with van der Waals surface area (Å²) in [6.45, 7) is 4.55. The largest absolute Gasteiger partial charge is 0.373 e. The lowest BCUT2D eigenvalue weighted by Crippen LogP contribution is -2.41. The zero-order chi connectivity index (χ0) is 16.9. The summed E-state index contributed by atoms with van der Waals surface area (Å²) in [5.74, 6) is 0.0663. The molecule has 3 rings (SSSR count). The summed E-state index contributed by atoms with van der Waals surface area (Å²) in [6, 6.07) is 23.8. The molecule has 3 aromatic rings. The van der Waals surface area contributed by atoms with Gasteiger partial charge < -0.3 is 10.2 Å². The van der Waals surface area contributed by atoms with E-state index in [-0.39, 0.29) is 11.9 Å². The molecular weight excluding hydrogens is 296 g/mol. The van der Waals surface area contributed by atoms with Crippen LogP contribution in [0.5, 0.6) is 0 Å². The second-order valence-electron chi connectivity index (χ2n) is 5.81. The van der Waals surface area contributed by atoms with Crippen LogP contribution in [0, 0.1) is 0 Å². The fourth-order valence-corrected chi connectivity index (χ4v) is 2.95. The van der Waals surface area contributed by atoms with Gasteiger partial charge in [0.25, 0.3) is 0 Å². The molecule has 24 heavy (non-hydrogen) atoms. The zero-order valence-electron chi connectivity index (χ0n) is 14.1. The number of nitrogens with zero attached hydrogens (tertiary/aromatic N) is 1. The second kappa shape index (κ2) is 7.18. The average molecular weight is 318 g/mol. The lowest BCUT2D eigenvalue weighted by atomic mass is 10.1. The average Bonchev–Trinajstić information content (AvgIpc) is 2.63. The molecule has 0 aliphatic heterocycles. The van der Waals surface area contributed by atoms with Crippen LogP contribution < -0.4 is 10.2 Å². The van der Waals surface area contributed by atoms with Crippen LogP contribution in [-0.2, 0) is 4.79 Å². The number of hydrogen-bond donors (Lipinski definition) is 1. The summed E-state index contributed by atoms with van der Waals surface area (Å²) in [7, 11) is 0. The van der Waals surface area contributed by atoms with Crippen molar-refractivity contribution in [2.24, 2.45) is 0 Å². The Balaban J connectivity index is 1.83. The molecule has 0 unspecified atom stereocenters. The Morgan fingerprint density at radius 2 is 1.62 bits per heavy atom. The molecule has 0 fully saturated rings. The number of para-hydroxylation sites is 1. The molecule has 122 valence electrons. The van der Waals surface area contributed by atoms with E-state index in [9.17, 15) is 4.79 Å². The molecule has 0 aliphatic carbocycles. The molecular formula is C21H22N2O.